The van der Waals surface area contributed by atoms with E-state index >= 15 is 0 Å². The molecule has 12 heteroatoms. The van der Waals surface area contributed by atoms with Crippen molar-refractivity contribution in [1.82, 2.24) is 19.4 Å². The van der Waals surface area contributed by atoms with Gasteiger partial charge >= 0.3 is 12.1 Å². The summed E-state index contributed by atoms with van der Waals surface area (Å²) >= 11 is 0. The SMILES string of the molecule is COc1cc(C(F)(F)F)ccc1COc1cccc(C23CCN(Cc4nc5ccc(C(=O)O)cc5n4C[C@@H]4CCO4)CC2C3)n1. The van der Waals surface area contributed by atoms with Crippen LogP contribution in [0.4, 0.5) is 13.2 Å². The number of likely N-dealkylation sites (tertiary alicyclic amines) is 1. The number of hydrogen-bond donors (Lipinski definition) is 1. The minimum absolute atomic E-state index is 0.0296. The van der Waals surface area contributed by atoms with Crippen LogP contribution in [0.3, 0.4) is 0 Å². The summed E-state index contributed by atoms with van der Waals surface area (Å²) in [6.07, 6.45) is -1.44. The lowest BCUT2D eigenvalue weighted by atomic mass is 9.91. The van der Waals surface area contributed by atoms with Gasteiger partial charge in [-0.15, -0.1) is 0 Å². The van der Waals surface area contributed by atoms with Crippen LogP contribution in [0.25, 0.3) is 11.0 Å². The third-order valence-electron chi connectivity index (χ3n) is 9.43. The lowest BCUT2D eigenvalue weighted by molar-refractivity contribution is -0.137. The summed E-state index contributed by atoms with van der Waals surface area (Å²) < 4.78 is 58.3. The highest BCUT2D eigenvalue weighted by Gasteiger charge is 2.58. The molecule has 2 unspecified atom stereocenters. The number of methoxy groups -OCH3 is 1. The normalized spacial score (nSPS) is 22.9. The zero-order chi connectivity index (χ0) is 31.3. The molecule has 1 N–H and O–H groups in total. The van der Waals surface area contributed by atoms with Crippen molar-refractivity contribution in [2.24, 2.45) is 5.92 Å². The fraction of sp³-hybridized carbons (Fsp3) is 0.424. The van der Waals surface area contributed by atoms with Gasteiger partial charge in [-0.05, 0) is 68.1 Å². The standard InChI is InChI=1S/C33H33F3N4O5/c1-43-27-14-22(33(34,35)36)7-5-21(27)19-45-30-4-2-3-28(38-30)32-10-11-39(16-23(32)15-32)18-29-37-25-8-6-20(31(41)42)13-26(25)40(29)17-24-9-12-44-24/h2-8,13-14,23-24H,9-12,15-19H2,1H3,(H,41,42)/t23?,24-,32?/m0/s1. The van der Waals surface area contributed by atoms with Crippen LogP contribution < -0.4 is 9.47 Å². The first-order valence-electron chi connectivity index (χ1n) is 15.0. The Kier molecular flexibility index (Phi) is 7.44. The summed E-state index contributed by atoms with van der Waals surface area (Å²) in [6, 6.07) is 14.1. The molecule has 3 atom stereocenters. The molecule has 0 amide bonds. The third kappa shape index (κ3) is 5.72. The molecule has 2 aromatic carbocycles. The predicted molar refractivity (Wildman–Crippen MR) is 157 cm³/mol. The highest BCUT2D eigenvalue weighted by molar-refractivity contribution is 5.92. The van der Waals surface area contributed by atoms with Crippen LogP contribution >= 0.6 is 0 Å². The van der Waals surface area contributed by atoms with Crippen molar-refractivity contribution in [2.45, 2.75) is 56.7 Å². The molecule has 7 rings (SSSR count). The first kappa shape index (κ1) is 29.5. The maximum atomic E-state index is 13.1. The van der Waals surface area contributed by atoms with Crippen LogP contribution in [0.15, 0.2) is 54.6 Å². The number of rotatable bonds is 10. The van der Waals surface area contributed by atoms with E-state index in [1.54, 1.807) is 24.3 Å². The van der Waals surface area contributed by atoms with E-state index in [1.165, 1.54) is 13.2 Å². The van der Waals surface area contributed by atoms with Crippen LogP contribution in [0.5, 0.6) is 11.6 Å². The van der Waals surface area contributed by atoms with Gasteiger partial charge in [0.1, 0.15) is 18.2 Å². The molecular formula is C33H33F3N4O5. The molecule has 3 aliphatic rings. The van der Waals surface area contributed by atoms with Crippen molar-refractivity contribution in [2.75, 3.05) is 26.8 Å². The van der Waals surface area contributed by atoms with Crippen LogP contribution in [-0.4, -0.2) is 63.4 Å². The van der Waals surface area contributed by atoms with E-state index in [2.05, 4.69) is 9.47 Å². The van der Waals surface area contributed by atoms with Crippen molar-refractivity contribution in [3.05, 3.63) is 82.8 Å². The molecule has 1 saturated carbocycles. The summed E-state index contributed by atoms with van der Waals surface area (Å²) in [5, 5.41) is 9.53. The average Bonchev–Trinajstić information content (AvgIpc) is 3.65. The third-order valence-corrected chi connectivity index (χ3v) is 9.43. The van der Waals surface area contributed by atoms with E-state index < -0.39 is 17.7 Å². The highest BCUT2D eigenvalue weighted by atomic mass is 19.4. The lowest BCUT2D eigenvalue weighted by Gasteiger charge is -2.32. The summed E-state index contributed by atoms with van der Waals surface area (Å²) in [5.41, 5.74) is 2.50. The van der Waals surface area contributed by atoms with Crippen molar-refractivity contribution in [1.29, 1.82) is 0 Å². The van der Waals surface area contributed by atoms with Gasteiger partial charge in [-0.2, -0.15) is 13.2 Å². The van der Waals surface area contributed by atoms with E-state index in [-0.39, 0.29) is 29.4 Å². The number of alkyl halides is 3. The fourth-order valence-electron chi connectivity index (χ4n) is 6.70. The average molecular weight is 623 g/mol. The number of fused-ring (bicyclic) bond motifs is 2. The second-order valence-electron chi connectivity index (χ2n) is 12.1. The van der Waals surface area contributed by atoms with Gasteiger partial charge < -0.3 is 23.9 Å². The van der Waals surface area contributed by atoms with Gasteiger partial charge in [0.15, 0.2) is 0 Å². The Morgan fingerprint density at radius 2 is 2.00 bits per heavy atom. The number of benzene rings is 2. The van der Waals surface area contributed by atoms with E-state index in [0.29, 0.717) is 30.5 Å². The number of ether oxygens (including phenoxy) is 3. The number of imidazole rings is 1. The summed E-state index contributed by atoms with van der Waals surface area (Å²) in [7, 11) is 1.34. The Hall–Kier alpha value is -4.16. The number of nitrogens with zero attached hydrogens (tertiary/aromatic N) is 4. The Labute approximate surface area is 257 Å². The van der Waals surface area contributed by atoms with Crippen molar-refractivity contribution in [3.63, 3.8) is 0 Å². The van der Waals surface area contributed by atoms with Gasteiger partial charge in [0.2, 0.25) is 5.88 Å². The first-order valence-corrected chi connectivity index (χ1v) is 15.0. The summed E-state index contributed by atoms with van der Waals surface area (Å²) in [4.78, 5) is 23.8. The number of aromatic nitrogens is 3. The molecule has 0 spiro atoms. The largest absolute Gasteiger partial charge is 0.496 e. The molecule has 2 saturated heterocycles. The molecule has 4 heterocycles. The van der Waals surface area contributed by atoms with Crippen molar-refractivity contribution >= 4 is 17.0 Å². The molecular weight excluding hydrogens is 589 g/mol. The van der Waals surface area contributed by atoms with E-state index in [9.17, 15) is 23.1 Å². The maximum absolute atomic E-state index is 13.1. The van der Waals surface area contributed by atoms with Crippen LogP contribution in [-0.2, 0) is 36.0 Å². The van der Waals surface area contributed by atoms with Gasteiger partial charge in [0, 0.05) is 30.2 Å². The monoisotopic (exact) mass is 622 g/mol. The molecule has 2 aliphatic heterocycles. The number of halogens is 3. The second kappa shape index (κ2) is 11.3. The Balaban J connectivity index is 1.03. The molecule has 4 aromatic rings. The number of carbonyl (C=O) groups is 1. The smallest absolute Gasteiger partial charge is 0.416 e. The molecule has 2 aromatic heterocycles. The number of piperidine rings is 1. The zero-order valence-electron chi connectivity index (χ0n) is 24.7. The predicted octanol–water partition coefficient (Wildman–Crippen LogP) is 5.69. The second-order valence-corrected chi connectivity index (χ2v) is 12.1. The molecule has 45 heavy (non-hydrogen) atoms. The van der Waals surface area contributed by atoms with E-state index in [4.69, 9.17) is 24.2 Å². The number of aromatic carboxylic acids is 1. The maximum Gasteiger partial charge on any atom is 0.416 e. The number of carboxylic acid groups (broad SMARTS) is 1. The summed E-state index contributed by atoms with van der Waals surface area (Å²) in [5.74, 6) is 0.906. The minimum Gasteiger partial charge on any atom is -0.496 e. The molecule has 9 nitrogen and oxygen atoms in total. The molecule has 0 bridgehead atoms. The molecule has 236 valence electrons. The van der Waals surface area contributed by atoms with Crippen LogP contribution in [0, 0.1) is 5.92 Å². The molecule has 3 fully saturated rings. The van der Waals surface area contributed by atoms with Gasteiger partial charge in [0.05, 0.1) is 54.2 Å². The van der Waals surface area contributed by atoms with Gasteiger partial charge in [0.25, 0.3) is 0 Å². The highest BCUT2D eigenvalue weighted by Crippen LogP contribution is 2.59. The van der Waals surface area contributed by atoms with Crippen molar-refractivity contribution in [3.8, 4) is 11.6 Å². The number of hydrogen-bond acceptors (Lipinski definition) is 7. The van der Waals surface area contributed by atoms with Crippen molar-refractivity contribution < 1.29 is 37.3 Å². The first-order chi connectivity index (χ1) is 21.6. The number of pyridine rings is 1. The van der Waals surface area contributed by atoms with E-state index in [0.717, 1.165) is 73.6 Å². The fourth-order valence-corrected chi connectivity index (χ4v) is 6.70. The minimum atomic E-state index is -4.45. The quantitative estimate of drug-likeness (QED) is 0.241. The van der Waals surface area contributed by atoms with Gasteiger partial charge in [-0.3, -0.25) is 4.90 Å². The van der Waals surface area contributed by atoms with E-state index in [1.807, 2.05) is 12.1 Å². The molecule has 1 aliphatic carbocycles. The number of carboxylic acids is 1. The summed E-state index contributed by atoms with van der Waals surface area (Å²) in [6.45, 7) is 3.82. The Morgan fingerprint density at radius 1 is 1.16 bits per heavy atom. The lowest BCUT2D eigenvalue weighted by Crippen LogP contribution is -2.37. The zero-order valence-corrected chi connectivity index (χ0v) is 24.7. The van der Waals surface area contributed by atoms with Crippen LogP contribution in [0.2, 0.25) is 0 Å². The van der Waals surface area contributed by atoms with Crippen LogP contribution in [0.1, 0.15) is 52.3 Å². The topological polar surface area (TPSA) is 98.9 Å². The molecule has 0 radical (unpaired) electrons. The van der Waals surface area contributed by atoms with Gasteiger partial charge in [-0.1, -0.05) is 12.1 Å². The Morgan fingerprint density at radius 3 is 2.71 bits per heavy atom. The van der Waals surface area contributed by atoms with Gasteiger partial charge in [-0.25, -0.2) is 14.8 Å². The Bertz CT molecular complexity index is 1750.